The minimum Gasteiger partial charge on any atom is -0.461 e. The lowest BCUT2D eigenvalue weighted by molar-refractivity contribution is -0.146. The number of rotatable bonds is 4. The molecule has 0 saturated heterocycles. The highest BCUT2D eigenvalue weighted by Crippen LogP contribution is 2.27. The molecule has 0 aromatic heterocycles. The fourth-order valence-electron chi connectivity index (χ4n) is 2.30. The van der Waals surface area contributed by atoms with Crippen molar-refractivity contribution in [2.75, 3.05) is 0 Å². The van der Waals surface area contributed by atoms with Crippen molar-refractivity contribution >= 4 is 5.97 Å². The third-order valence-electron chi connectivity index (χ3n) is 3.22. The summed E-state index contributed by atoms with van der Waals surface area (Å²) in [6.45, 7) is 0.170. The van der Waals surface area contributed by atoms with E-state index in [-0.39, 0.29) is 18.4 Å². The van der Waals surface area contributed by atoms with Gasteiger partial charge >= 0.3 is 5.97 Å². The smallest absolute Gasteiger partial charge is 0.306 e. The van der Waals surface area contributed by atoms with Gasteiger partial charge in [-0.25, -0.2) is 4.39 Å². The molecule has 0 heterocycles. The van der Waals surface area contributed by atoms with E-state index < -0.39 is 0 Å². The predicted octanol–water partition coefficient (Wildman–Crippen LogP) is 3.45. The van der Waals surface area contributed by atoms with Crippen LogP contribution in [0, 0.1) is 11.7 Å². The van der Waals surface area contributed by atoms with E-state index in [1.165, 1.54) is 25.0 Å². The van der Waals surface area contributed by atoms with E-state index in [1.54, 1.807) is 12.1 Å². The van der Waals surface area contributed by atoms with Gasteiger partial charge in [-0.05, 0) is 36.5 Å². The third kappa shape index (κ3) is 3.84. The molecule has 17 heavy (non-hydrogen) atoms. The Hall–Kier alpha value is -1.38. The van der Waals surface area contributed by atoms with Gasteiger partial charge in [-0.1, -0.05) is 25.0 Å². The van der Waals surface area contributed by atoms with Gasteiger partial charge in [0.05, 0.1) is 0 Å². The molecule has 1 aliphatic carbocycles. The van der Waals surface area contributed by atoms with E-state index in [2.05, 4.69) is 0 Å². The molecule has 1 aliphatic rings. The van der Waals surface area contributed by atoms with E-state index in [0.717, 1.165) is 12.8 Å². The molecule has 0 amide bonds. The van der Waals surface area contributed by atoms with Crippen molar-refractivity contribution in [3.63, 3.8) is 0 Å². The summed E-state index contributed by atoms with van der Waals surface area (Å²) >= 11 is 0. The van der Waals surface area contributed by atoms with Gasteiger partial charge in [0, 0.05) is 6.42 Å². The maximum atomic E-state index is 12.9. The number of halogens is 1. The number of benzene rings is 1. The topological polar surface area (TPSA) is 26.3 Å². The van der Waals surface area contributed by atoms with Crippen LogP contribution in [0.2, 0.25) is 0 Å². The summed E-state index contributed by atoms with van der Waals surface area (Å²) < 4.78 is 18.0. The first-order valence-electron chi connectivity index (χ1n) is 6.14. The number of carbonyl (C=O) groups excluding carboxylic acids is 1. The van der Waals surface area contributed by atoms with Gasteiger partial charge in [0.1, 0.15) is 12.4 Å². The Morgan fingerprint density at radius 2 is 2.12 bits per heavy atom. The molecule has 0 atom stereocenters. The van der Waals surface area contributed by atoms with Crippen LogP contribution in [0.1, 0.15) is 37.7 Å². The lowest BCUT2D eigenvalue weighted by Gasteiger charge is -2.09. The Balaban J connectivity index is 1.75. The fraction of sp³-hybridized carbons (Fsp3) is 0.500. The highest BCUT2D eigenvalue weighted by Gasteiger charge is 2.19. The maximum absolute atomic E-state index is 12.9. The molecule has 0 bridgehead atoms. The van der Waals surface area contributed by atoms with Gasteiger partial charge in [-0.15, -0.1) is 0 Å². The summed E-state index contributed by atoms with van der Waals surface area (Å²) in [6.07, 6.45) is 5.23. The Morgan fingerprint density at radius 1 is 1.35 bits per heavy atom. The molecule has 1 aromatic rings. The standard InChI is InChI=1S/C14H17FO2/c15-13-7-3-6-12(8-13)10-17-14(16)9-11-4-1-2-5-11/h3,6-8,11H,1-2,4-5,9-10H2. The molecule has 0 unspecified atom stereocenters. The highest BCUT2D eigenvalue weighted by atomic mass is 19.1. The number of hydrogen-bond acceptors (Lipinski definition) is 2. The molecular weight excluding hydrogens is 219 g/mol. The second kappa shape index (κ2) is 5.80. The van der Waals surface area contributed by atoms with Crippen LogP contribution in [-0.4, -0.2) is 5.97 Å². The molecule has 0 N–H and O–H groups in total. The molecule has 1 aromatic carbocycles. The quantitative estimate of drug-likeness (QED) is 0.748. The van der Waals surface area contributed by atoms with Gasteiger partial charge in [-0.2, -0.15) is 0 Å². The Morgan fingerprint density at radius 3 is 2.82 bits per heavy atom. The molecule has 0 aliphatic heterocycles. The van der Waals surface area contributed by atoms with Crippen molar-refractivity contribution in [2.45, 2.75) is 38.7 Å². The van der Waals surface area contributed by atoms with E-state index in [0.29, 0.717) is 17.9 Å². The minimum atomic E-state index is -0.297. The van der Waals surface area contributed by atoms with Crippen molar-refractivity contribution in [3.8, 4) is 0 Å². The first-order chi connectivity index (χ1) is 8.24. The number of hydrogen-bond donors (Lipinski definition) is 0. The lowest BCUT2D eigenvalue weighted by Crippen LogP contribution is -2.09. The molecular formula is C14H17FO2. The zero-order valence-electron chi connectivity index (χ0n) is 9.82. The van der Waals surface area contributed by atoms with Crippen LogP contribution >= 0.6 is 0 Å². The van der Waals surface area contributed by atoms with E-state index in [1.807, 2.05) is 0 Å². The molecule has 92 valence electrons. The molecule has 3 heteroatoms. The predicted molar refractivity (Wildman–Crippen MR) is 62.8 cm³/mol. The number of esters is 1. The summed E-state index contributed by atoms with van der Waals surface area (Å²) in [4.78, 5) is 11.5. The Labute approximate surface area is 101 Å². The van der Waals surface area contributed by atoms with E-state index in [4.69, 9.17) is 4.74 Å². The summed E-state index contributed by atoms with van der Waals surface area (Å²) in [5.74, 6) is 0.0329. The zero-order valence-corrected chi connectivity index (χ0v) is 9.82. The zero-order chi connectivity index (χ0) is 12.1. The Bertz CT molecular complexity index is 384. The SMILES string of the molecule is O=C(CC1CCCC1)OCc1cccc(F)c1. The number of ether oxygens (including phenoxy) is 1. The van der Waals surface area contributed by atoms with Crippen molar-refractivity contribution in [3.05, 3.63) is 35.6 Å². The second-order valence-corrected chi connectivity index (χ2v) is 4.65. The first kappa shape index (κ1) is 12.1. The van der Waals surface area contributed by atoms with Gasteiger partial charge in [0.25, 0.3) is 0 Å². The summed E-state index contributed by atoms with van der Waals surface area (Å²) in [6, 6.07) is 6.15. The molecule has 1 saturated carbocycles. The van der Waals surface area contributed by atoms with Crippen molar-refractivity contribution in [1.29, 1.82) is 0 Å². The fourth-order valence-corrected chi connectivity index (χ4v) is 2.30. The van der Waals surface area contributed by atoms with Crippen molar-refractivity contribution < 1.29 is 13.9 Å². The molecule has 1 fully saturated rings. The second-order valence-electron chi connectivity index (χ2n) is 4.65. The molecule has 2 nitrogen and oxygen atoms in total. The monoisotopic (exact) mass is 236 g/mol. The van der Waals surface area contributed by atoms with Gasteiger partial charge in [0.15, 0.2) is 0 Å². The number of carbonyl (C=O) groups is 1. The van der Waals surface area contributed by atoms with Crippen LogP contribution in [0.3, 0.4) is 0 Å². The summed E-state index contributed by atoms with van der Waals surface area (Å²) in [7, 11) is 0. The van der Waals surface area contributed by atoms with Crippen molar-refractivity contribution in [2.24, 2.45) is 5.92 Å². The van der Waals surface area contributed by atoms with Gasteiger partial charge in [0.2, 0.25) is 0 Å². The highest BCUT2D eigenvalue weighted by molar-refractivity contribution is 5.69. The van der Waals surface area contributed by atoms with Crippen LogP contribution in [0.5, 0.6) is 0 Å². The van der Waals surface area contributed by atoms with Crippen LogP contribution in [-0.2, 0) is 16.1 Å². The van der Waals surface area contributed by atoms with Crippen LogP contribution < -0.4 is 0 Å². The first-order valence-corrected chi connectivity index (χ1v) is 6.14. The van der Waals surface area contributed by atoms with Crippen LogP contribution in [0.15, 0.2) is 24.3 Å². The normalized spacial score (nSPS) is 16.1. The van der Waals surface area contributed by atoms with Gasteiger partial charge in [-0.3, -0.25) is 4.79 Å². The maximum Gasteiger partial charge on any atom is 0.306 e. The van der Waals surface area contributed by atoms with Crippen LogP contribution in [0.4, 0.5) is 4.39 Å². The average molecular weight is 236 g/mol. The van der Waals surface area contributed by atoms with Crippen LogP contribution in [0.25, 0.3) is 0 Å². The largest absolute Gasteiger partial charge is 0.461 e. The van der Waals surface area contributed by atoms with Crippen molar-refractivity contribution in [1.82, 2.24) is 0 Å². The Kier molecular flexibility index (Phi) is 4.13. The molecule has 0 radical (unpaired) electrons. The summed E-state index contributed by atoms with van der Waals surface area (Å²) in [5, 5.41) is 0. The average Bonchev–Trinajstić information content (AvgIpc) is 2.79. The van der Waals surface area contributed by atoms with E-state index >= 15 is 0 Å². The summed E-state index contributed by atoms with van der Waals surface area (Å²) in [5.41, 5.74) is 0.699. The lowest BCUT2D eigenvalue weighted by atomic mass is 10.0. The minimum absolute atomic E-state index is 0.166. The molecule has 0 spiro atoms. The van der Waals surface area contributed by atoms with E-state index in [9.17, 15) is 9.18 Å². The van der Waals surface area contributed by atoms with Gasteiger partial charge < -0.3 is 4.74 Å². The molecule has 2 rings (SSSR count). The third-order valence-corrected chi connectivity index (χ3v) is 3.22.